The van der Waals surface area contributed by atoms with Gasteiger partial charge in [-0.2, -0.15) is 0 Å². The van der Waals surface area contributed by atoms with E-state index in [2.05, 4.69) is 5.32 Å². The smallest absolute Gasteiger partial charge is 0.197 e. The molecule has 0 saturated carbocycles. The van der Waals surface area contributed by atoms with E-state index in [0.29, 0.717) is 11.8 Å². The van der Waals surface area contributed by atoms with Crippen LogP contribution < -0.4 is 5.32 Å². The van der Waals surface area contributed by atoms with E-state index in [4.69, 9.17) is 0 Å². The van der Waals surface area contributed by atoms with E-state index in [0.717, 1.165) is 62.7 Å². The molecule has 1 saturated heterocycles. The van der Waals surface area contributed by atoms with Crippen LogP contribution in [0.3, 0.4) is 0 Å². The minimum atomic E-state index is 0.252. The van der Waals surface area contributed by atoms with Crippen LogP contribution in [-0.2, 0) is 12.8 Å². The van der Waals surface area contributed by atoms with E-state index in [1.807, 2.05) is 0 Å². The molecule has 1 aromatic heterocycles. The second-order valence-corrected chi connectivity index (χ2v) is 5.16. The topological polar surface area (TPSA) is 57.4 Å². The molecule has 2 heterocycles. The first-order chi connectivity index (χ1) is 8.29. The second-order valence-electron chi connectivity index (χ2n) is 5.16. The van der Waals surface area contributed by atoms with Crippen LogP contribution in [0.25, 0.3) is 0 Å². The molecule has 0 spiro atoms. The van der Waals surface area contributed by atoms with Gasteiger partial charge in [0.25, 0.3) is 0 Å². The van der Waals surface area contributed by atoms with Crippen molar-refractivity contribution in [3.63, 3.8) is 0 Å². The largest absolute Gasteiger partial charge is 0.494 e. The zero-order valence-electron chi connectivity index (χ0n) is 10.1. The normalized spacial score (nSPS) is 21.4. The molecule has 1 aliphatic heterocycles. The van der Waals surface area contributed by atoms with Gasteiger partial charge in [0.15, 0.2) is 11.8 Å². The lowest BCUT2D eigenvalue weighted by Gasteiger charge is -2.25. The summed E-state index contributed by atoms with van der Waals surface area (Å²) >= 11 is 0. The minimum Gasteiger partial charge on any atom is -0.494 e. The Bertz CT molecular complexity index is 390. The maximum Gasteiger partial charge on any atom is 0.197 e. The molecular formula is C13H20N2O2. The monoisotopic (exact) mass is 236 g/mol. The van der Waals surface area contributed by atoms with Gasteiger partial charge >= 0.3 is 0 Å². The van der Waals surface area contributed by atoms with Gasteiger partial charge in [0.1, 0.15) is 0 Å². The lowest BCUT2D eigenvalue weighted by atomic mass is 9.95. The molecule has 3 N–H and O–H groups in total. The van der Waals surface area contributed by atoms with Crippen LogP contribution in [0.5, 0.6) is 11.8 Å². The van der Waals surface area contributed by atoms with E-state index in [1.165, 1.54) is 0 Å². The first-order valence-electron chi connectivity index (χ1n) is 6.63. The van der Waals surface area contributed by atoms with Gasteiger partial charge in [0.05, 0.1) is 0 Å². The van der Waals surface area contributed by atoms with E-state index in [9.17, 15) is 10.2 Å². The van der Waals surface area contributed by atoms with Gasteiger partial charge in [-0.05, 0) is 51.6 Å². The van der Waals surface area contributed by atoms with Crippen molar-refractivity contribution in [2.24, 2.45) is 0 Å². The van der Waals surface area contributed by atoms with Gasteiger partial charge in [-0.25, -0.2) is 0 Å². The fraction of sp³-hybridized carbons (Fsp3) is 0.692. The van der Waals surface area contributed by atoms with Crippen molar-refractivity contribution in [1.82, 2.24) is 9.88 Å². The molecule has 1 fully saturated rings. The molecule has 0 atom stereocenters. The third-order valence-electron chi connectivity index (χ3n) is 4.14. The summed E-state index contributed by atoms with van der Waals surface area (Å²) < 4.78 is 1.77. The van der Waals surface area contributed by atoms with E-state index in [1.54, 1.807) is 4.57 Å². The molecule has 4 nitrogen and oxygen atoms in total. The number of piperidine rings is 1. The van der Waals surface area contributed by atoms with E-state index in [-0.39, 0.29) is 6.04 Å². The predicted octanol–water partition coefficient (Wildman–Crippen LogP) is 1.70. The van der Waals surface area contributed by atoms with Crippen LogP contribution in [0, 0.1) is 0 Å². The second kappa shape index (κ2) is 4.26. The SMILES string of the molecule is Oc1c2c(c(O)n1C1CCNCC1)CCCC2. The van der Waals surface area contributed by atoms with Crippen molar-refractivity contribution in [2.45, 2.75) is 44.6 Å². The fourth-order valence-electron chi connectivity index (χ4n) is 3.20. The van der Waals surface area contributed by atoms with Crippen LogP contribution >= 0.6 is 0 Å². The molecular weight excluding hydrogens is 216 g/mol. The van der Waals surface area contributed by atoms with Crippen molar-refractivity contribution in [3.05, 3.63) is 11.1 Å². The van der Waals surface area contributed by atoms with Gasteiger partial charge in [0, 0.05) is 17.2 Å². The Morgan fingerprint density at radius 1 is 0.941 bits per heavy atom. The summed E-state index contributed by atoms with van der Waals surface area (Å²) in [5.74, 6) is 0.646. The summed E-state index contributed by atoms with van der Waals surface area (Å²) in [6.45, 7) is 1.93. The van der Waals surface area contributed by atoms with Crippen molar-refractivity contribution in [1.29, 1.82) is 0 Å². The summed E-state index contributed by atoms with van der Waals surface area (Å²) in [7, 11) is 0. The van der Waals surface area contributed by atoms with Gasteiger partial charge in [-0.15, -0.1) is 0 Å². The number of nitrogens with zero attached hydrogens (tertiary/aromatic N) is 1. The molecule has 0 amide bonds. The first kappa shape index (κ1) is 11.0. The van der Waals surface area contributed by atoms with Crippen LogP contribution in [0.1, 0.15) is 42.9 Å². The summed E-state index contributed by atoms with van der Waals surface area (Å²) in [6, 6.07) is 0.252. The molecule has 4 heteroatoms. The quantitative estimate of drug-likeness (QED) is 0.695. The highest BCUT2D eigenvalue weighted by molar-refractivity contribution is 5.47. The Hall–Kier alpha value is -1.16. The Kier molecular flexibility index (Phi) is 2.74. The number of hydrogen-bond donors (Lipinski definition) is 3. The maximum atomic E-state index is 10.3. The van der Waals surface area contributed by atoms with Gasteiger partial charge in [-0.3, -0.25) is 4.57 Å². The summed E-state index contributed by atoms with van der Waals surface area (Å²) in [6.07, 6.45) is 6.02. The predicted molar refractivity (Wildman–Crippen MR) is 65.5 cm³/mol. The molecule has 0 unspecified atom stereocenters. The average molecular weight is 236 g/mol. The fourth-order valence-corrected chi connectivity index (χ4v) is 3.20. The summed E-state index contributed by atoms with van der Waals surface area (Å²) in [5.41, 5.74) is 1.99. The molecule has 1 aliphatic carbocycles. The highest BCUT2D eigenvalue weighted by Gasteiger charge is 2.28. The standard InChI is InChI=1S/C13H20N2O2/c16-12-10-3-1-2-4-11(10)13(17)15(12)9-5-7-14-8-6-9/h9,14,16-17H,1-8H2. The van der Waals surface area contributed by atoms with E-state index < -0.39 is 0 Å². The minimum absolute atomic E-state index is 0.252. The first-order valence-corrected chi connectivity index (χ1v) is 6.63. The molecule has 1 aromatic rings. The van der Waals surface area contributed by atoms with Crippen LogP contribution in [0.4, 0.5) is 0 Å². The number of rotatable bonds is 1. The number of fused-ring (bicyclic) bond motifs is 1. The third-order valence-corrected chi connectivity index (χ3v) is 4.14. The highest BCUT2D eigenvalue weighted by Crippen LogP contribution is 2.42. The summed E-state index contributed by atoms with van der Waals surface area (Å²) in [4.78, 5) is 0. The molecule has 17 heavy (non-hydrogen) atoms. The van der Waals surface area contributed by atoms with Gasteiger partial charge < -0.3 is 15.5 Å². The molecule has 94 valence electrons. The summed E-state index contributed by atoms with van der Waals surface area (Å²) in [5, 5.41) is 23.9. The lowest BCUT2D eigenvalue weighted by molar-refractivity contribution is 0.288. The van der Waals surface area contributed by atoms with Gasteiger partial charge in [0.2, 0.25) is 0 Å². The molecule has 0 bridgehead atoms. The molecule has 0 aromatic carbocycles. The molecule has 2 aliphatic rings. The maximum absolute atomic E-state index is 10.3. The lowest BCUT2D eigenvalue weighted by Crippen LogP contribution is -2.29. The Labute approximate surface area is 101 Å². The Morgan fingerprint density at radius 3 is 2.00 bits per heavy atom. The third kappa shape index (κ3) is 1.71. The average Bonchev–Trinajstić information content (AvgIpc) is 2.64. The number of hydrogen-bond acceptors (Lipinski definition) is 3. The molecule has 3 rings (SSSR count). The number of aromatic nitrogens is 1. The van der Waals surface area contributed by atoms with Crippen LogP contribution in [0.15, 0.2) is 0 Å². The van der Waals surface area contributed by atoms with E-state index >= 15 is 0 Å². The highest BCUT2D eigenvalue weighted by atomic mass is 16.3. The number of aromatic hydroxyl groups is 2. The molecule has 0 radical (unpaired) electrons. The van der Waals surface area contributed by atoms with Crippen LogP contribution in [0.2, 0.25) is 0 Å². The zero-order chi connectivity index (χ0) is 11.8. The van der Waals surface area contributed by atoms with Crippen molar-refractivity contribution in [3.8, 4) is 11.8 Å². The van der Waals surface area contributed by atoms with Crippen LogP contribution in [-0.4, -0.2) is 27.9 Å². The number of nitrogens with one attached hydrogen (secondary N) is 1. The zero-order valence-corrected chi connectivity index (χ0v) is 10.1. The van der Waals surface area contributed by atoms with Crippen molar-refractivity contribution >= 4 is 0 Å². The Balaban J connectivity index is 2.00. The van der Waals surface area contributed by atoms with Gasteiger partial charge in [-0.1, -0.05) is 0 Å². The van der Waals surface area contributed by atoms with Crippen molar-refractivity contribution < 1.29 is 10.2 Å². The Morgan fingerprint density at radius 2 is 1.47 bits per heavy atom. The van der Waals surface area contributed by atoms with Crippen molar-refractivity contribution in [2.75, 3.05) is 13.1 Å².